The van der Waals surface area contributed by atoms with Gasteiger partial charge < -0.3 is 5.41 Å². The van der Waals surface area contributed by atoms with Crippen molar-refractivity contribution in [2.24, 2.45) is 17.8 Å². The summed E-state index contributed by atoms with van der Waals surface area (Å²) in [4.78, 5) is 24.4. The van der Waals surface area contributed by atoms with Crippen molar-refractivity contribution in [3.8, 4) is 0 Å². The summed E-state index contributed by atoms with van der Waals surface area (Å²) in [7, 11) is 0. The summed E-state index contributed by atoms with van der Waals surface area (Å²) >= 11 is 1.95. The van der Waals surface area contributed by atoms with Crippen LogP contribution in [0.2, 0.25) is 0 Å². The molecule has 0 bridgehead atoms. The number of carbonyl (C=O) groups excluding carboxylic acids is 2. The van der Waals surface area contributed by atoms with Gasteiger partial charge in [-0.15, -0.1) is 0 Å². The molecule has 1 N–H and O–H groups in total. The van der Waals surface area contributed by atoms with E-state index in [4.69, 9.17) is 5.41 Å². The number of Topliss-reactive ketones (excluding diaryl/α,β-unsaturated/α-hetero) is 2. The standard InChI is InChI=1S/C15H23NO2S/c1-2-4-12(16)15-13(17)7-11(8-14(15)18)10-5-3-6-19-9-10/h10-11,15-16H,2-9H2,1H3. The quantitative estimate of drug-likeness (QED) is 0.636. The molecule has 1 atom stereocenters. The molecular weight excluding hydrogens is 258 g/mol. The highest BCUT2D eigenvalue weighted by atomic mass is 32.2. The first kappa shape index (κ1) is 14.8. The Hall–Kier alpha value is -0.640. The predicted molar refractivity (Wildman–Crippen MR) is 78.9 cm³/mol. The van der Waals surface area contributed by atoms with Crippen molar-refractivity contribution in [1.29, 1.82) is 5.41 Å². The van der Waals surface area contributed by atoms with Gasteiger partial charge in [0, 0.05) is 18.6 Å². The molecule has 106 valence electrons. The zero-order valence-corrected chi connectivity index (χ0v) is 12.4. The molecule has 0 aromatic rings. The molecule has 4 heteroatoms. The van der Waals surface area contributed by atoms with Crippen LogP contribution in [0.15, 0.2) is 0 Å². The Morgan fingerprint density at radius 3 is 2.47 bits per heavy atom. The van der Waals surface area contributed by atoms with Crippen LogP contribution in [0.1, 0.15) is 45.4 Å². The first-order chi connectivity index (χ1) is 9.13. The SMILES string of the molecule is CCCC(=N)C1C(=O)CC(C2CCCSC2)CC1=O. The van der Waals surface area contributed by atoms with Crippen molar-refractivity contribution < 1.29 is 9.59 Å². The van der Waals surface area contributed by atoms with E-state index in [-0.39, 0.29) is 17.5 Å². The molecule has 3 nitrogen and oxygen atoms in total. The molecule has 0 aromatic carbocycles. The first-order valence-electron chi connectivity index (χ1n) is 7.34. The highest BCUT2D eigenvalue weighted by Crippen LogP contribution is 2.36. The largest absolute Gasteiger partial charge is 0.308 e. The summed E-state index contributed by atoms with van der Waals surface area (Å²) in [6.45, 7) is 1.98. The van der Waals surface area contributed by atoms with Crippen LogP contribution < -0.4 is 0 Å². The van der Waals surface area contributed by atoms with Crippen LogP contribution >= 0.6 is 11.8 Å². The Morgan fingerprint density at radius 1 is 1.26 bits per heavy atom. The van der Waals surface area contributed by atoms with Gasteiger partial charge in [0.25, 0.3) is 0 Å². The maximum absolute atomic E-state index is 12.2. The fourth-order valence-electron chi connectivity index (χ4n) is 3.28. The average molecular weight is 281 g/mol. The molecule has 2 rings (SSSR count). The van der Waals surface area contributed by atoms with Crippen molar-refractivity contribution in [3.63, 3.8) is 0 Å². The van der Waals surface area contributed by atoms with Crippen molar-refractivity contribution >= 4 is 29.0 Å². The number of thioether (sulfide) groups is 1. The lowest BCUT2D eigenvalue weighted by molar-refractivity contribution is -0.135. The van der Waals surface area contributed by atoms with Gasteiger partial charge in [-0.25, -0.2) is 0 Å². The van der Waals surface area contributed by atoms with Gasteiger partial charge in [0.05, 0.1) is 0 Å². The molecule has 0 aromatic heterocycles. The van der Waals surface area contributed by atoms with E-state index in [2.05, 4.69) is 0 Å². The summed E-state index contributed by atoms with van der Waals surface area (Å²) in [6.07, 6.45) is 4.82. The van der Waals surface area contributed by atoms with Gasteiger partial charge >= 0.3 is 0 Å². The van der Waals surface area contributed by atoms with Gasteiger partial charge in [0.2, 0.25) is 0 Å². The Morgan fingerprint density at radius 2 is 1.95 bits per heavy atom. The normalized spacial score (nSPS) is 32.4. The Kier molecular flexibility index (Phi) is 5.20. The van der Waals surface area contributed by atoms with Gasteiger partial charge in [-0.3, -0.25) is 9.59 Å². The third-order valence-corrected chi connectivity index (χ3v) is 5.54. The van der Waals surface area contributed by atoms with Gasteiger partial charge in [0.1, 0.15) is 17.5 Å². The van der Waals surface area contributed by atoms with E-state index in [9.17, 15) is 9.59 Å². The van der Waals surface area contributed by atoms with Crippen molar-refractivity contribution in [2.45, 2.75) is 45.4 Å². The van der Waals surface area contributed by atoms with Crippen LogP contribution in [-0.4, -0.2) is 28.8 Å². The Bertz CT molecular complexity index is 356. The molecule has 1 heterocycles. The topological polar surface area (TPSA) is 58.0 Å². The van der Waals surface area contributed by atoms with Crippen molar-refractivity contribution in [1.82, 2.24) is 0 Å². The van der Waals surface area contributed by atoms with E-state index >= 15 is 0 Å². The lowest BCUT2D eigenvalue weighted by atomic mass is 9.72. The van der Waals surface area contributed by atoms with Gasteiger partial charge in [-0.05, 0) is 42.6 Å². The summed E-state index contributed by atoms with van der Waals surface area (Å²) in [6, 6.07) is 0. The highest BCUT2D eigenvalue weighted by Gasteiger charge is 2.40. The third-order valence-electron chi connectivity index (χ3n) is 4.30. The molecule has 1 unspecified atom stereocenters. The van der Waals surface area contributed by atoms with Crippen molar-refractivity contribution in [2.75, 3.05) is 11.5 Å². The summed E-state index contributed by atoms with van der Waals surface area (Å²) in [5.74, 6) is 2.42. The average Bonchev–Trinajstić information content (AvgIpc) is 2.39. The third kappa shape index (κ3) is 3.47. The molecule has 1 saturated carbocycles. The number of hydrogen-bond donors (Lipinski definition) is 1. The van der Waals surface area contributed by atoms with E-state index in [0.717, 1.165) is 18.6 Å². The second kappa shape index (κ2) is 6.69. The Balaban J connectivity index is 1.99. The first-order valence-corrected chi connectivity index (χ1v) is 8.49. The van der Waals surface area contributed by atoms with Gasteiger partial charge in [-0.1, -0.05) is 13.3 Å². The fourth-order valence-corrected chi connectivity index (χ4v) is 4.56. The van der Waals surface area contributed by atoms with Crippen molar-refractivity contribution in [3.05, 3.63) is 0 Å². The molecule has 0 spiro atoms. The molecule has 1 aliphatic carbocycles. The van der Waals surface area contributed by atoms with Crippen LogP contribution in [0.5, 0.6) is 0 Å². The predicted octanol–water partition coefficient (Wildman–Crippen LogP) is 3.11. The molecule has 1 aliphatic heterocycles. The zero-order valence-electron chi connectivity index (χ0n) is 11.6. The molecule has 0 amide bonds. The fraction of sp³-hybridized carbons (Fsp3) is 0.800. The second-order valence-electron chi connectivity index (χ2n) is 5.79. The van der Waals surface area contributed by atoms with E-state index in [0.29, 0.717) is 30.9 Å². The molecule has 0 radical (unpaired) electrons. The van der Waals surface area contributed by atoms with Gasteiger partial charge in [-0.2, -0.15) is 11.8 Å². The monoisotopic (exact) mass is 281 g/mol. The maximum atomic E-state index is 12.2. The minimum absolute atomic E-state index is 0.00951. The highest BCUT2D eigenvalue weighted by molar-refractivity contribution is 7.99. The van der Waals surface area contributed by atoms with Crippen LogP contribution in [0.3, 0.4) is 0 Å². The van der Waals surface area contributed by atoms with Crippen LogP contribution in [-0.2, 0) is 9.59 Å². The number of nitrogens with one attached hydrogen (secondary N) is 1. The van der Waals surface area contributed by atoms with E-state index in [1.807, 2.05) is 18.7 Å². The maximum Gasteiger partial charge on any atom is 0.149 e. The Labute approximate surface area is 119 Å². The number of rotatable bonds is 4. The smallest absolute Gasteiger partial charge is 0.149 e. The van der Waals surface area contributed by atoms with Gasteiger partial charge in [0.15, 0.2) is 0 Å². The zero-order chi connectivity index (χ0) is 13.8. The lowest BCUT2D eigenvalue weighted by Gasteiger charge is -2.34. The molecular formula is C15H23NO2S. The van der Waals surface area contributed by atoms with Crippen LogP contribution in [0, 0.1) is 23.2 Å². The van der Waals surface area contributed by atoms with Crippen LogP contribution in [0.4, 0.5) is 0 Å². The van der Waals surface area contributed by atoms with E-state index in [1.165, 1.54) is 12.2 Å². The number of carbonyl (C=O) groups is 2. The molecule has 1 saturated heterocycles. The second-order valence-corrected chi connectivity index (χ2v) is 6.94. The minimum Gasteiger partial charge on any atom is -0.308 e. The summed E-state index contributed by atoms with van der Waals surface area (Å²) < 4.78 is 0. The number of ketones is 2. The van der Waals surface area contributed by atoms with Crippen LogP contribution in [0.25, 0.3) is 0 Å². The summed E-state index contributed by atoms with van der Waals surface area (Å²) in [5, 5.41) is 7.91. The molecule has 2 fully saturated rings. The summed E-state index contributed by atoms with van der Waals surface area (Å²) in [5.41, 5.74) is 0.342. The number of hydrogen-bond acceptors (Lipinski definition) is 4. The molecule has 2 aliphatic rings. The molecule has 19 heavy (non-hydrogen) atoms. The lowest BCUT2D eigenvalue weighted by Crippen LogP contribution is -2.41. The minimum atomic E-state index is -0.701. The van der Waals surface area contributed by atoms with E-state index < -0.39 is 5.92 Å². The van der Waals surface area contributed by atoms with E-state index in [1.54, 1.807) is 0 Å².